The van der Waals surface area contributed by atoms with E-state index in [0.29, 0.717) is 25.1 Å². The zero-order chi connectivity index (χ0) is 32.2. The summed E-state index contributed by atoms with van der Waals surface area (Å²) in [5.41, 5.74) is -2.20. The van der Waals surface area contributed by atoms with Gasteiger partial charge in [0.2, 0.25) is 0 Å². The maximum absolute atomic E-state index is 12.4. The topological polar surface area (TPSA) is 167 Å². The van der Waals surface area contributed by atoms with Crippen LogP contribution in [-0.4, -0.2) is 66.7 Å². The van der Waals surface area contributed by atoms with E-state index in [9.17, 15) is 24.4 Å². The molecule has 0 bridgehead atoms. The Balaban J connectivity index is 0.000000202. The molecule has 1 amide bonds. The average Bonchev–Trinajstić information content (AvgIpc) is 3.71. The van der Waals surface area contributed by atoms with E-state index in [4.69, 9.17) is 14.2 Å². The van der Waals surface area contributed by atoms with E-state index in [1.807, 2.05) is 0 Å². The highest BCUT2D eigenvalue weighted by Crippen LogP contribution is 2.45. The van der Waals surface area contributed by atoms with Gasteiger partial charge in [0.25, 0.3) is 5.91 Å². The summed E-state index contributed by atoms with van der Waals surface area (Å²) in [6, 6.07) is 5.02. The number of aromatic nitrogens is 4. The second-order valence-electron chi connectivity index (χ2n) is 14.2. The number of rotatable bonds is 4. The van der Waals surface area contributed by atoms with Gasteiger partial charge in [-0.15, -0.1) is 0 Å². The number of hydrogen-bond acceptors (Lipinski definition) is 10. The normalized spacial score (nSPS) is 17.8. The largest absolute Gasteiger partial charge is 0.455 e. The van der Waals surface area contributed by atoms with Crippen LogP contribution in [0.1, 0.15) is 130 Å². The zero-order valence-corrected chi connectivity index (χ0v) is 26.3. The molecular formula is C30H40N6O7. The molecule has 2 aliphatic carbocycles. The molecular weight excluding hydrogens is 556 g/mol. The van der Waals surface area contributed by atoms with Gasteiger partial charge in [-0.3, -0.25) is 9.48 Å². The first kappa shape index (κ1) is 31.7. The van der Waals surface area contributed by atoms with Gasteiger partial charge >= 0.3 is 17.9 Å². The fourth-order valence-corrected chi connectivity index (χ4v) is 4.38. The van der Waals surface area contributed by atoms with Crippen LogP contribution in [0.15, 0.2) is 12.1 Å². The Kier molecular flexibility index (Phi) is 7.75. The minimum absolute atomic E-state index is 0.00712. The lowest BCUT2D eigenvalue weighted by molar-refractivity contribution is 0.00442. The number of nitrogens with zero attached hydrogens (tertiary/aromatic N) is 5. The standard InChI is InChI=1S/C17H23N3O4.C13H17N3O3/c1-15(2,3)23-13(21)11-9-12(14(22)24-16(4,5)6)20(19-11)17(10-18)7-8-17;1-12(2,3)19-11(18)8-6-9-10(17)14-7-13(4-5-13)16(9)15-8/h9H,7-8H2,1-6H3;6H,4-5,7H2,1-3H3,(H,14,17). The Morgan fingerprint density at radius 3 is 1.70 bits per heavy atom. The molecule has 1 aliphatic heterocycles. The number of hydrogen-bond donors (Lipinski definition) is 1. The quantitative estimate of drug-likeness (QED) is 0.404. The van der Waals surface area contributed by atoms with Crippen LogP contribution in [-0.2, 0) is 25.3 Å². The number of ether oxygens (including phenoxy) is 3. The summed E-state index contributed by atoms with van der Waals surface area (Å²) in [5, 5.41) is 20.7. The summed E-state index contributed by atoms with van der Waals surface area (Å²) >= 11 is 0. The van der Waals surface area contributed by atoms with Crippen molar-refractivity contribution in [2.45, 2.75) is 116 Å². The number of carbonyl (C=O) groups is 4. The Labute approximate surface area is 250 Å². The van der Waals surface area contributed by atoms with Gasteiger partial charge in [0.1, 0.15) is 33.7 Å². The van der Waals surface area contributed by atoms with Crippen LogP contribution in [0.2, 0.25) is 0 Å². The van der Waals surface area contributed by atoms with Crippen LogP contribution in [0.25, 0.3) is 0 Å². The summed E-state index contributed by atoms with van der Waals surface area (Å²) in [5.74, 6) is -1.93. The number of nitrogens with one attached hydrogen (secondary N) is 1. The number of esters is 3. The zero-order valence-electron chi connectivity index (χ0n) is 26.3. The molecule has 3 heterocycles. The summed E-state index contributed by atoms with van der Waals surface area (Å²) in [6.45, 7) is 16.5. The first-order chi connectivity index (χ1) is 19.7. The van der Waals surface area contributed by atoms with Crippen LogP contribution in [0.5, 0.6) is 0 Å². The van der Waals surface area contributed by atoms with Gasteiger partial charge in [-0.05, 0) is 88.0 Å². The second kappa shape index (κ2) is 10.5. The Hall–Kier alpha value is -4.21. The molecule has 232 valence electrons. The fraction of sp³-hybridized carbons (Fsp3) is 0.633. The van der Waals surface area contributed by atoms with Crippen molar-refractivity contribution in [1.29, 1.82) is 5.26 Å². The SMILES string of the molecule is CC(C)(C)OC(=O)c1cc(C(=O)OC(C)(C)C)n(C2(C#N)CC2)n1.CC(C)(C)OC(=O)c1cc2n(n1)C1(CC1)CNC2=O. The minimum Gasteiger partial charge on any atom is -0.455 e. The first-order valence-electron chi connectivity index (χ1n) is 14.3. The number of carbonyl (C=O) groups excluding carboxylic acids is 4. The van der Waals surface area contributed by atoms with Gasteiger partial charge in [-0.25, -0.2) is 19.1 Å². The highest BCUT2D eigenvalue weighted by atomic mass is 16.6. The molecule has 2 saturated carbocycles. The van der Waals surface area contributed by atoms with Crippen molar-refractivity contribution in [3.63, 3.8) is 0 Å². The molecule has 0 aromatic carbocycles. The highest BCUT2D eigenvalue weighted by molar-refractivity contribution is 5.97. The van der Waals surface area contributed by atoms with E-state index < -0.39 is 40.2 Å². The lowest BCUT2D eigenvalue weighted by Crippen LogP contribution is -2.44. The van der Waals surface area contributed by atoms with Crippen LogP contribution in [0, 0.1) is 11.3 Å². The van der Waals surface area contributed by atoms with Crippen molar-refractivity contribution in [3.05, 3.63) is 34.9 Å². The van der Waals surface area contributed by atoms with Crippen LogP contribution < -0.4 is 5.32 Å². The number of nitriles is 1. The third-order valence-corrected chi connectivity index (χ3v) is 6.67. The van der Waals surface area contributed by atoms with Crippen LogP contribution in [0.4, 0.5) is 0 Å². The smallest absolute Gasteiger partial charge is 0.359 e. The van der Waals surface area contributed by atoms with Crippen molar-refractivity contribution in [1.82, 2.24) is 24.9 Å². The second-order valence-corrected chi connectivity index (χ2v) is 14.2. The molecule has 1 N–H and O–H groups in total. The number of fused-ring (bicyclic) bond motifs is 2. The average molecular weight is 597 g/mol. The fourth-order valence-electron chi connectivity index (χ4n) is 4.38. The van der Waals surface area contributed by atoms with Crippen LogP contribution >= 0.6 is 0 Å². The summed E-state index contributed by atoms with van der Waals surface area (Å²) in [4.78, 5) is 48.5. The molecule has 2 fully saturated rings. The molecule has 3 aliphatic rings. The van der Waals surface area contributed by atoms with E-state index in [0.717, 1.165) is 12.8 Å². The maximum atomic E-state index is 12.4. The molecule has 13 nitrogen and oxygen atoms in total. The summed E-state index contributed by atoms with van der Waals surface area (Å²) in [6.07, 6.45) is 3.12. The van der Waals surface area contributed by atoms with Crippen molar-refractivity contribution in [2.75, 3.05) is 6.54 Å². The molecule has 2 aromatic heterocycles. The minimum atomic E-state index is -0.882. The molecule has 2 aromatic rings. The van der Waals surface area contributed by atoms with Crippen molar-refractivity contribution >= 4 is 23.8 Å². The van der Waals surface area contributed by atoms with Gasteiger partial charge in [0.05, 0.1) is 11.6 Å². The van der Waals surface area contributed by atoms with Crippen LogP contribution in [0.3, 0.4) is 0 Å². The third-order valence-electron chi connectivity index (χ3n) is 6.67. The molecule has 43 heavy (non-hydrogen) atoms. The van der Waals surface area contributed by atoms with Gasteiger partial charge in [-0.2, -0.15) is 15.5 Å². The predicted molar refractivity (Wildman–Crippen MR) is 152 cm³/mol. The molecule has 0 atom stereocenters. The highest BCUT2D eigenvalue weighted by Gasteiger charge is 2.51. The van der Waals surface area contributed by atoms with E-state index in [1.165, 1.54) is 16.8 Å². The number of amides is 1. The Morgan fingerprint density at radius 2 is 1.26 bits per heavy atom. The van der Waals surface area contributed by atoms with Crippen molar-refractivity contribution in [2.24, 2.45) is 0 Å². The lowest BCUT2D eigenvalue weighted by Gasteiger charge is -2.24. The van der Waals surface area contributed by atoms with Crippen molar-refractivity contribution in [3.8, 4) is 6.07 Å². The molecule has 13 heteroatoms. The van der Waals surface area contributed by atoms with Gasteiger partial charge < -0.3 is 19.5 Å². The van der Waals surface area contributed by atoms with Gasteiger partial charge in [0, 0.05) is 18.7 Å². The van der Waals surface area contributed by atoms with Gasteiger partial charge in [-0.1, -0.05) is 0 Å². The summed E-state index contributed by atoms with van der Waals surface area (Å²) in [7, 11) is 0. The Morgan fingerprint density at radius 1 is 0.791 bits per heavy atom. The molecule has 0 saturated heterocycles. The molecule has 1 spiro atoms. The van der Waals surface area contributed by atoms with E-state index in [2.05, 4.69) is 21.6 Å². The van der Waals surface area contributed by atoms with Gasteiger partial charge in [0.15, 0.2) is 11.4 Å². The first-order valence-corrected chi connectivity index (χ1v) is 14.3. The van der Waals surface area contributed by atoms with E-state index in [-0.39, 0.29) is 28.5 Å². The third kappa shape index (κ3) is 7.24. The summed E-state index contributed by atoms with van der Waals surface area (Å²) < 4.78 is 18.9. The lowest BCUT2D eigenvalue weighted by atomic mass is 10.2. The maximum Gasteiger partial charge on any atom is 0.359 e. The molecule has 0 unspecified atom stereocenters. The van der Waals surface area contributed by atoms with Crippen molar-refractivity contribution < 1.29 is 33.4 Å². The monoisotopic (exact) mass is 596 g/mol. The van der Waals surface area contributed by atoms with E-state index >= 15 is 0 Å². The molecule has 5 rings (SSSR count). The predicted octanol–water partition coefficient (Wildman–Crippen LogP) is 3.88. The Bertz CT molecular complexity index is 1500. The molecule has 0 radical (unpaired) electrons. The van der Waals surface area contributed by atoms with E-state index in [1.54, 1.807) is 67.0 Å².